The number of rotatable bonds is 0. The molecule has 1 radical (unpaired) electrons. The zero-order valence-corrected chi connectivity index (χ0v) is 6.53. The van der Waals surface area contributed by atoms with Crippen LogP contribution in [0.4, 0.5) is 0 Å². The van der Waals surface area contributed by atoms with Gasteiger partial charge in [-0.05, 0) is 29.3 Å². The first-order chi connectivity index (χ1) is 4.86. The van der Waals surface area contributed by atoms with Crippen LogP contribution in [0.1, 0.15) is 5.56 Å². The summed E-state index contributed by atoms with van der Waals surface area (Å²) in [5.41, 5.74) is 1.22. The van der Waals surface area contributed by atoms with Crippen molar-refractivity contribution in [2.45, 2.75) is 6.92 Å². The molecule has 0 aliphatic rings. The molecule has 0 atom stereocenters. The summed E-state index contributed by atoms with van der Waals surface area (Å²) in [6.45, 7) is 2.07. The maximum Gasteiger partial charge on any atom is 0.0424 e. The molecule has 49 valence electrons. The first-order valence-electron chi connectivity index (χ1n) is 3.22. The number of benzene rings is 1. The minimum Gasteiger partial charge on any atom is -0.143 e. The van der Waals surface area contributed by atoms with E-state index in [0.29, 0.717) is 0 Å². The SMILES string of the molecule is Cc1[c]c2sccc2cc1. The van der Waals surface area contributed by atoms with Crippen molar-refractivity contribution >= 4 is 21.4 Å². The molecule has 1 aromatic carbocycles. The summed E-state index contributed by atoms with van der Waals surface area (Å²) in [5, 5.41) is 3.40. The lowest BCUT2D eigenvalue weighted by Crippen LogP contribution is -1.68. The van der Waals surface area contributed by atoms with Gasteiger partial charge in [-0.2, -0.15) is 0 Å². The molecule has 1 heterocycles. The van der Waals surface area contributed by atoms with E-state index in [1.54, 1.807) is 11.3 Å². The topological polar surface area (TPSA) is 0 Å². The second-order valence-corrected chi connectivity index (χ2v) is 3.26. The van der Waals surface area contributed by atoms with Gasteiger partial charge >= 0.3 is 0 Å². The highest BCUT2D eigenvalue weighted by atomic mass is 32.1. The molecule has 0 nitrogen and oxygen atoms in total. The third kappa shape index (κ3) is 0.830. The summed E-state index contributed by atoms with van der Waals surface area (Å²) in [7, 11) is 0. The third-order valence-corrected chi connectivity index (χ3v) is 2.36. The minimum absolute atomic E-state index is 1.22. The van der Waals surface area contributed by atoms with Crippen molar-refractivity contribution in [1.29, 1.82) is 0 Å². The van der Waals surface area contributed by atoms with Gasteiger partial charge in [-0.1, -0.05) is 12.1 Å². The van der Waals surface area contributed by atoms with Crippen molar-refractivity contribution in [3.05, 3.63) is 35.2 Å². The lowest BCUT2D eigenvalue weighted by Gasteiger charge is -1.88. The largest absolute Gasteiger partial charge is 0.143 e. The van der Waals surface area contributed by atoms with Crippen LogP contribution >= 0.6 is 11.3 Å². The Balaban J connectivity index is 2.86. The standard InChI is InChI=1S/C9H7S/c1-7-2-3-8-4-5-10-9(8)6-7/h2-5H,1H3. The quantitative estimate of drug-likeness (QED) is 0.537. The van der Waals surface area contributed by atoms with E-state index in [2.05, 4.69) is 36.6 Å². The van der Waals surface area contributed by atoms with Gasteiger partial charge in [-0.25, -0.2) is 0 Å². The van der Waals surface area contributed by atoms with E-state index in [4.69, 9.17) is 0 Å². The highest BCUT2D eigenvalue weighted by Crippen LogP contribution is 2.20. The second-order valence-electron chi connectivity index (χ2n) is 2.35. The number of hydrogen-bond acceptors (Lipinski definition) is 1. The summed E-state index contributed by atoms with van der Waals surface area (Å²) in [6.07, 6.45) is 0. The molecule has 0 spiro atoms. The zero-order valence-electron chi connectivity index (χ0n) is 5.72. The van der Waals surface area contributed by atoms with Gasteiger partial charge in [-0.3, -0.25) is 0 Å². The van der Waals surface area contributed by atoms with Crippen molar-refractivity contribution in [2.24, 2.45) is 0 Å². The van der Waals surface area contributed by atoms with E-state index < -0.39 is 0 Å². The average molecular weight is 147 g/mol. The van der Waals surface area contributed by atoms with E-state index in [0.717, 1.165) is 0 Å². The van der Waals surface area contributed by atoms with Crippen molar-refractivity contribution in [3.8, 4) is 0 Å². The van der Waals surface area contributed by atoms with Crippen molar-refractivity contribution in [2.75, 3.05) is 0 Å². The molecule has 0 unspecified atom stereocenters. The van der Waals surface area contributed by atoms with Crippen molar-refractivity contribution in [3.63, 3.8) is 0 Å². The van der Waals surface area contributed by atoms with Gasteiger partial charge in [0.05, 0.1) is 0 Å². The number of aryl methyl sites for hydroxylation is 1. The Bertz CT molecular complexity index is 346. The van der Waals surface area contributed by atoms with Crippen LogP contribution in [0.15, 0.2) is 23.6 Å². The Labute approximate surface area is 64.1 Å². The lowest BCUT2D eigenvalue weighted by atomic mass is 10.2. The predicted molar refractivity (Wildman–Crippen MR) is 45.4 cm³/mol. The lowest BCUT2D eigenvalue weighted by molar-refractivity contribution is 1.51. The molecule has 2 rings (SSSR count). The Hall–Kier alpha value is -0.820. The van der Waals surface area contributed by atoms with Crippen LogP contribution < -0.4 is 0 Å². The minimum atomic E-state index is 1.22. The smallest absolute Gasteiger partial charge is 0.0424 e. The van der Waals surface area contributed by atoms with Gasteiger partial charge in [0.2, 0.25) is 0 Å². The third-order valence-electron chi connectivity index (χ3n) is 1.52. The summed E-state index contributed by atoms with van der Waals surface area (Å²) in [6, 6.07) is 9.64. The molecule has 0 aliphatic carbocycles. The molecule has 0 aliphatic heterocycles. The van der Waals surface area contributed by atoms with Crippen LogP contribution in [0.5, 0.6) is 0 Å². The van der Waals surface area contributed by atoms with Gasteiger partial charge in [0.15, 0.2) is 0 Å². The van der Waals surface area contributed by atoms with Crippen LogP contribution in [0.25, 0.3) is 10.1 Å². The van der Waals surface area contributed by atoms with Crippen LogP contribution in [0.2, 0.25) is 0 Å². The Morgan fingerprint density at radius 3 is 3.10 bits per heavy atom. The molecule has 0 bridgehead atoms. The van der Waals surface area contributed by atoms with Crippen LogP contribution in [-0.2, 0) is 0 Å². The van der Waals surface area contributed by atoms with Gasteiger partial charge in [0.1, 0.15) is 0 Å². The summed E-state index contributed by atoms with van der Waals surface area (Å²) in [5.74, 6) is 0. The molecule has 0 amide bonds. The van der Waals surface area contributed by atoms with E-state index >= 15 is 0 Å². The second kappa shape index (κ2) is 2.10. The molecule has 0 fully saturated rings. The number of hydrogen-bond donors (Lipinski definition) is 0. The first-order valence-corrected chi connectivity index (χ1v) is 4.10. The highest BCUT2D eigenvalue weighted by Gasteiger charge is 1.92. The fraction of sp³-hybridized carbons (Fsp3) is 0.111. The Morgan fingerprint density at radius 1 is 1.30 bits per heavy atom. The molecular formula is C9H7S. The highest BCUT2D eigenvalue weighted by molar-refractivity contribution is 7.17. The number of thiophene rings is 1. The van der Waals surface area contributed by atoms with Gasteiger partial charge < -0.3 is 0 Å². The van der Waals surface area contributed by atoms with Crippen molar-refractivity contribution in [1.82, 2.24) is 0 Å². The number of fused-ring (bicyclic) bond motifs is 1. The van der Waals surface area contributed by atoms with E-state index in [9.17, 15) is 0 Å². The summed E-state index contributed by atoms with van der Waals surface area (Å²) < 4.78 is 1.26. The fourth-order valence-electron chi connectivity index (χ4n) is 0.987. The van der Waals surface area contributed by atoms with E-state index in [1.807, 2.05) is 0 Å². The summed E-state index contributed by atoms with van der Waals surface area (Å²) >= 11 is 1.75. The molecule has 1 aromatic heterocycles. The fourth-order valence-corrected chi connectivity index (χ4v) is 1.83. The molecule has 0 N–H and O–H groups in total. The average Bonchev–Trinajstić information content (AvgIpc) is 2.33. The molecule has 1 heteroatoms. The maximum atomic E-state index is 3.29. The predicted octanol–water partition coefficient (Wildman–Crippen LogP) is 3.01. The van der Waals surface area contributed by atoms with Gasteiger partial charge in [-0.15, -0.1) is 11.3 Å². The molecule has 2 aromatic rings. The Kier molecular flexibility index (Phi) is 1.24. The van der Waals surface area contributed by atoms with Crippen LogP contribution in [0, 0.1) is 13.0 Å². The molecular weight excluding hydrogens is 140 g/mol. The first kappa shape index (κ1) is 5.93. The molecule has 0 saturated carbocycles. The molecule has 10 heavy (non-hydrogen) atoms. The van der Waals surface area contributed by atoms with Crippen LogP contribution in [0.3, 0.4) is 0 Å². The van der Waals surface area contributed by atoms with Gasteiger partial charge in [0.25, 0.3) is 0 Å². The monoisotopic (exact) mass is 147 g/mol. The van der Waals surface area contributed by atoms with E-state index in [1.165, 1.54) is 15.6 Å². The van der Waals surface area contributed by atoms with Gasteiger partial charge in [0, 0.05) is 10.8 Å². The Morgan fingerprint density at radius 2 is 2.20 bits per heavy atom. The summed E-state index contributed by atoms with van der Waals surface area (Å²) in [4.78, 5) is 0. The maximum absolute atomic E-state index is 3.29. The zero-order chi connectivity index (χ0) is 6.97. The molecule has 0 saturated heterocycles. The van der Waals surface area contributed by atoms with E-state index in [-0.39, 0.29) is 0 Å². The van der Waals surface area contributed by atoms with Crippen LogP contribution in [-0.4, -0.2) is 0 Å². The van der Waals surface area contributed by atoms with Crippen molar-refractivity contribution < 1.29 is 0 Å². The normalized spacial score (nSPS) is 10.5.